The third-order valence-electron chi connectivity index (χ3n) is 2.74. The highest BCUT2D eigenvalue weighted by atomic mass is 16.4. The van der Waals surface area contributed by atoms with Gasteiger partial charge in [-0.25, -0.2) is 4.79 Å². The van der Waals surface area contributed by atoms with Crippen molar-refractivity contribution in [3.05, 3.63) is 35.4 Å². The van der Waals surface area contributed by atoms with E-state index in [1.165, 1.54) is 0 Å². The number of aliphatic hydroxyl groups excluding tert-OH is 1. The smallest absolute Gasteiger partial charge is 0.326 e. The zero-order chi connectivity index (χ0) is 15.1. The SMILES string of the molecule is CN(C)Cc1ccc(C(=O)N[C@H](CCO)C(=O)O)cc1. The van der Waals surface area contributed by atoms with Gasteiger partial charge in [0, 0.05) is 25.1 Å². The number of carbonyl (C=O) groups is 2. The molecule has 1 aromatic rings. The van der Waals surface area contributed by atoms with E-state index >= 15 is 0 Å². The number of amides is 1. The fourth-order valence-corrected chi connectivity index (χ4v) is 1.75. The van der Waals surface area contributed by atoms with Gasteiger partial charge in [0.2, 0.25) is 0 Å². The topological polar surface area (TPSA) is 89.9 Å². The van der Waals surface area contributed by atoms with Crippen LogP contribution in [0.2, 0.25) is 0 Å². The van der Waals surface area contributed by atoms with Crippen molar-refractivity contribution in [2.75, 3.05) is 20.7 Å². The first-order valence-electron chi connectivity index (χ1n) is 6.32. The summed E-state index contributed by atoms with van der Waals surface area (Å²) in [5.41, 5.74) is 1.47. The number of nitrogens with zero attached hydrogens (tertiary/aromatic N) is 1. The molecule has 0 aliphatic carbocycles. The van der Waals surface area contributed by atoms with Crippen LogP contribution < -0.4 is 5.32 Å². The van der Waals surface area contributed by atoms with Gasteiger partial charge in [0.25, 0.3) is 5.91 Å². The van der Waals surface area contributed by atoms with Crippen LogP contribution in [-0.2, 0) is 11.3 Å². The van der Waals surface area contributed by atoms with Crippen molar-refractivity contribution in [1.82, 2.24) is 10.2 Å². The highest BCUT2D eigenvalue weighted by Gasteiger charge is 2.19. The molecule has 110 valence electrons. The molecule has 1 aromatic carbocycles. The van der Waals surface area contributed by atoms with Gasteiger partial charge in [-0.3, -0.25) is 4.79 Å². The molecule has 0 saturated carbocycles. The highest BCUT2D eigenvalue weighted by molar-refractivity contribution is 5.96. The molecule has 0 unspecified atom stereocenters. The summed E-state index contributed by atoms with van der Waals surface area (Å²) in [5.74, 6) is -1.61. The van der Waals surface area contributed by atoms with Crippen molar-refractivity contribution in [3.8, 4) is 0 Å². The molecule has 3 N–H and O–H groups in total. The van der Waals surface area contributed by atoms with Gasteiger partial charge < -0.3 is 20.4 Å². The molecule has 1 rings (SSSR count). The largest absolute Gasteiger partial charge is 0.480 e. The van der Waals surface area contributed by atoms with Crippen LogP contribution in [0, 0.1) is 0 Å². The molecular formula is C14H20N2O4. The number of carboxylic acids is 1. The van der Waals surface area contributed by atoms with Gasteiger partial charge in [-0.05, 0) is 31.8 Å². The molecule has 0 aromatic heterocycles. The second-order valence-electron chi connectivity index (χ2n) is 4.81. The molecule has 0 spiro atoms. The summed E-state index contributed by atoms with van der Waals surface area (Å²) in [4.78, 5) is 24.8. The van der Waals surface area contributed by atoms with Gasteiger partial charge in [0.15, 0.2) is 0 Å². The molecule has 0 heterocycles. The Bertz CT molecular complexity index is 457. The van der Waals surface area contributed by atoms with Crippen LogP contribution in [0.1, 0.15) is 22.3 Å². The maximum atomic E-state index is 11.9. The summed E-state index contributed by atoms with van der Waals surface area (Å²) in [6.07, 6.45) is -0.0141. The van der Waals surface area contributed by atoms with Gasteiger partial charge in [0.05, 0.1) is 0 Å². The van der Waals surface area contributed by atoms with Crippen LogP contribution in [0.5, 0.6) is 0 Å². The summed E-state index contributed by atoms with van der Waals surface area (Å²) >= 11 is 0. The molecule has 20 heavy (non-hydrogen) atoms. The van der Waals surface area contributed by atoms with E-state index in [0.29, 0.717) is 5.56 Å². The van der Waals surface area contributed by atoms with Crippen molar-refractivity contribution in [3.63, 3.8) is 0 Å². The van der Waals surface area contributed by atoms with Crippen molar-refractivity contribution in [2.24, 2.45) is 0 Å². The van der Waals surface area contributed by atoms with Crippen LogP contribution in [0.25, 0.3) is 0 Å². The third kappa shape index (κ3) is 4.99. The zero-order valence-electron chi connectivity index (χ0n) is 11.7. The Morgan fingerprint density at radius 1 is 1.25 bits per heavy atom. The Hall–Kier alpha value is -1.92. The minimum atomic E-state index is -1.16. The van der Waals surface area contributed by atoms with Gasteiger partial charge in [0.1, 0.15) is 6.04 Å². The first-order chi connectivity index (χ1) is 9.43. The number of nitrogens with one attached hydrogen (secondary N) is 1. The monoisotopic (exact) mass is 280 g/mol. The van der Waals surface area contributed by atoms with Crippen molar-refractivity contribution in [1.29, 1.82) is 0 Å². The summed E-state index contributed by atoms with van der Waals surface area (Å²) in [5, 5.41) is 20.1. The maximum absolute atomic E-state index is 11.9. The molecule has 1 atom stereocenters. The number of hydrogen-bond acceptors (Lipinski definition) is 4. The number of carbonyl (C=O) groups excluding carboxylic acids is 1. The molecule has 0 saturated heterocycles. The first-order valence-corrected chi connectivity index (χ1v) is 6.32. The number of benzene rings is 1. The normalized spacial score (nSPS) is 12.2. The number of carboxylic acid groups (broad SMARTS) is 1. The molecule has 0 fully saturated rings. The van der Waals surface area contributed by atoms with Crippen molar-refractivity contribution >= 4 is 11.9 Å². The molecule has 0 radical (unpaired) electrons. The Morgan fingerprint density at radius 2 is 1.85 bits per heavy atom. The Balaban J connectivity index is 2.69. The van der Waals surface area contributed by atoms with E-state index in [9.17, 15) is 9.59 Å². The number of rotatable bonds is 7. The van der Waals surface area contributed by atoms with E-state index in [-0.39, 0.29) is 13.0 Å². The van der Waals surface area contributed by atoms with Crippen LogP contribution >= 0.6 is 0 Å². The number of hydrogen-bond donors (Lipinski definition) is 3. The first kappa shape index (κ1) is 16.1. The average Bonchev–Trinajstić information content (AvgIpc) is 2.38. The Kier molecular flexibility index (Phi) is 6.14. The second kappa shape index (κ2) is 7.62. The van der Waals surface area contributed by atoms with E-state index in [2.05, 4.69) is 5.32 Å². The van der Waals surface area contributed by atoms with Gasteiger partial charge in [-0.2, -0.15) is 0 Å². The molecule has 0 aliphatic heterocycles. The van der Waals surface area contributed by atoms with Gasteiger partial charge in [-0.1, -0.05) is 12.1 Å². The fourth-order valence-electron chi connectivity index (χ4n) is 1.75. The predicted molar refractivity (Wildman–Crippen MR) is 74.4 cm³/mol. The second-order valence-corrected chi connectivity index (χ2v) is 4.81. The summed E-state index contributed by atoms with van der Waals surface area (Å²) < 4.78 is 0. The average molecular weight is 280 g/mol. The lowest BCUT2D eigenvalue weighted by molar-refractivity contribution is -0.139. The molecule has 1 amide bonds. The molecule has 0 bridgehead atoms. The zero-order valence-corrected chi connectivity index (χ0v) is 11.7. The van der Waals surface area contributed by atoms with E-state index < -0.39 is 17.9 Å². The lowest BCUT2D eigenvalue weighted by Crippen LogP contribution is -2.41. The quantitative estimate of drug-likeness (QED) is 0.669. The number of aliphatic carboxylic acids is 1. The minimum Gasteiger partial charge on any atom is -0.480 e. The van der Waals surface area contributed by atoms with Crippen LogP contribution in [0.4, 0.5) is 0 Å². The van der Waals surface area contributed by atoms with Gasteiger partial charge in [-0.15, -0.1) is 0 Å². The fraction of sp³-hybridized carbons (Fsp3) is 0.429. The van der Waals surface area contributed by atoms with E-state index in [0.717, 1.165) is 12.1 Å². The van der Waals surface area contributed by atoms with Crippen LogP contribution in [0.3, 0.4) is 0 Å². The summed E-state index contributed by atoms with van der Waals surface area (Å²) in [7, 11) is 3.90. The molecular weight excluding hydrogens is 260 g/mol. The van der Waals surface area contributed by atoms with E-state index in [1.807, 2.05) is 31.1 Å². The van der Waals surface area contributed by atoms with E-state index in [4.69, 9.17) is 10.2 Å². The third-order valence-corrected chi connectivity index (χ3v) is 2.74. The van der Waals surface area contributed by atoms with Crippen molar-refractivity contribution in [2.45, 2.75) is 19.0 Å². The summed E-state index contributed by atoms with van der Waals surface area (Å²) in [6, 6.07) is 5.90. The van der Waals surface area contributed by atoms with Gasteiger partial charge >= 0.3 is 5.97 Å². The molecule has 6 nitrogen and oxygen atoms in total. The predicted octanol–water partition coefficient (Wildman–Crippen LogP) is 0.314. The lowest BCUT2D eigenvalue weighted by Gasteiger charge is -2.14. The lowest BCUT2D eigenvalue weighted by atomic mass is 10.1. The maximum Gasteiger partial charge on any atom is 0.326 e. The van der Waals surface area contributed by atoms with Crippen LogP contribution in [-0.4, -0.2) is 53.7 Å². The highest BCUT2D eigenvalue weighted by Crippen LogP contribution is 2.07. The number of aliphatic hydroxyl groups is 1. The van der Waals surface area contributed by atoms with E-state index in [1.54, 1.807) is 12.1 Å². The van der Waals surface area contributed by atoms with Crippen LogP contribution in [0.15, 0.2) is 24.3 Å². The molecule has 0 aliphatic rings. The minimum absolute atomic E-state index is 0.0141. The standard InChI is InChI=1S/C14H20N2O4/c1-16(2)9-10-3-5-11(6-4-10)13(18)15-12(7-8-17)14(19)20/h3-6,12,17H,7-9H2,1-2H3,(H,15,18)(H,19,20)/t12-/m1/s1. The van der Waals surface area contributed by atoms with Crippen molar-refractivity contribution < 1.29 is 19.8 Å². The Morgan fingerprint density at radius 3 is 2.30 bits per heavy atom. The Labute approximate surface area is 118 Å². The summed E-state index contributed by atoms with van der Waals surface area (Å²) in [6.45, 7) is 0.475. The molecule has 6 heteroatoms.